The molecule has 2 aliphatic heterocycles. The van der Waals surface area contributed by atoms with E-state index in [9.17, 15) is 0 Å². The van der Waals surface area contributed by atoms with Crippen LogP contribution >= 0.6 is 0 Å². The highest BCUT2D eigenvalue weighted by atomic mass is 16.3. The van der Waals surface area contributed by atoms with E-state index in [2.05, 4.69) is 9.80 Å². The number of aliphatic hydroxyl groups is 1. The molecule has 1 unspecified atom stereocenters. The van der Waals surface area contributed by atoms with E-state index in [-0.39, 0.29) is 0 Å². The molecule has 0 aromatic carbocycles. The normalized spacial score (nSPS) is 29.8. The van der Waals surface area contributed by atoms with Gasteiger partial charge in [-0.05, 0) is 44.8 Å². The summed E-state index contributed by atoms with van der Waals surface area (Å²) >= 11 is 0. The van der Waals surface area contributed by atoms with Crippen LogP contribution in [-0.4, -0.2) is 60.8 Å². The summed E-state index contributed by atoms with van der Waals surface area (Å²) < 4.78 is 0. The van der Waals surface area contributed by atoms with Gasteiger partial charge in [-0.2, -0.15) is 0 Å². The standard InChI is InChI=1S/C12H24N2O/c15-11-12-4-7-14(10-12)9-8-13-5-2-1-3-6-13/h12,15H,1-11H2. The second-order valence-corrected chi connectivity index (χ2v) is 5.04. The monoisotopic (exact) mass is 212 g/mol. The number of rotatable bonds is 4. The maximum Gasteiger partial charge on any atom is 0.0471 e. The van der Waals surface area contributed by atoms with Crippen LogP contribution in [0.1, 0.15) is 25.7 Å². The highest BCUT2D eigenvalue weighted by molar-refractivity contribution is 4.76. The van der Waals surface area contributed by atoms with Crippen LogP contribution in [0.2, 0.25) is 0 Å². The lowest BCUT2D eigenvalue weighted by molar-refractivity contribution is 0.185. The van der Waals surface area contributed by atoms with Gasteiger partial charge in [-0.15, -0.1) is 0 Å². The van der Waals surface area contributed by atoms with Crippen LogP contribution in [0.15, 0.2) is 0 Å². The average molecular weight is 212 g/mol. The predicted molar refractivity (Wildman–Crippen MR) is 61.9 cm³/mol. The van der Waals surface area contributed by atoms with Crippen LogP contribution in [-0.2, 0) is 0 Å². The smallest absolute Gasteiger partial charge is 0.0471 e. The molecule has 0 radical (unpaired) electrons. The molecule has 0 spiro atoms. The summed E-state index contributed by atoms with van der Waals surface area (Å²) in [6, 6.07) is 0. The summed E-state index contributed by atoms with van der Waals surface area (Å²) in [6.07, 6.45) is 5.39. The first kappa shape index (κ1) is 11.4. The third-order valence-electron chi connectivity index (χ3n) is 3.81. The molecule has 0 saturated carbocycles. The van der Waals surface area contributed by atoms with E-state index in [4.69, 9.17) is 5.11 Å². The van der Waals surface area contributed by atoms with Crippen LogP contribution < -0.4 is 0 Å². The fourth-order valence-electron chi connectivity index (χ4n) is 2.73. The molecular formula is C12H24N2O. The maximum atomic E-state index is 9.06. The third kappa shape index (κ3) is 3.44. The van der Waals surface area contributed by atoms with E-state index in [1.165, 1.54) is 58.4 Å². The van der Waals surface area contributed by atoms with Gasteiger partial charge in [-0.3, -0.25) is 0 Å². The molecule has 0 aliphatic carbocycles. The fraction of sp³-hybridized carbons (Fsp3) is 1.00. The average Bonchev–Trinajstić information content (AvgIpc) is 2.76. The zero-order chi connectivity index (χ0) is 10.5. The summed E-state index contributed by atoms with van der Waals surface area (Å²) in [7, 11) is 0. The lowest BCUT2D eigenvalue weighted by Gasteiger charge is -2.28. The molecule has 0 aromatic heterocycles. The molecule has 15 heavy (non-hydrogen) atoms. The van der Waals surface area contributed by atoms with Crippen molar-refractivity contribution in [2.75, 3.05) is 45.9 Å². The Balaban J connectivity index is 1.61. The largest absolute Gasteiger partial charge is 0.396 e. The van der Waals surface area contributed by atoms with Crippen molar-refractivity contribution in [1.29, 1.82) is 0 Å². The van der Waals surface area contributed by atoms with Gasteiger partial charge in [0.2, 0.25) is 0 Å². The molecule has 1 atom stereocenters. The maximum absolute atomic E-state index is 9.06. The zero-order valence-corrected chi connectivity index (χ0v) is 9.70. The van der Waals surface area contributed by atoms with E-state index >= 15 is 0 Å². The van der Waals surface area contributed by atoms with Crippen molar-refractivity contribution in [3.8, 4) is 0 Å². The Morgan fingerprint density at radius 3 is 2.33 bits per heavy atom. The Kier molecular flexibility index (Phi) is 4.42. The molecule has 2 fully saturated rings. The molecular weight excluding hydrogens is 188 g/mol. The van der Waals surface area contributed by atoms with Gasteiger partial charge in [0.25, 0.3) is 0 Å². The minimum Gasteiger partial charge on any atom is -0.396 e. The number of nitrogens with zero attached hydrogens (tertiary/aromatic N) is 2. The van der Waals surface area contributed by atoms with Gasteiger partial charge in [-0.25, -0.2) is 0 Å². The molecule has 1 N–H and O–H groups in total. The highest BCUT2D eigenvalue weighted by Crippen LogP contribution is 2.15. The molecule has 2 heterocycles. The molecule has 0 aromatic rings. The first-order valence-corrected chi connectivity index (χ1v) is 6.44. The first-order chi connectivity index (χ1) is 7.38. The lowest BCUT2D eigenvalue weighted by Crippen LogP contribution is -2.37. The Morgan fingerprint density at radius 1 is 0.933 bits per heavy atom. The summed E-state index contributed by atoms with van der Waals surface area (Å²) in [4.78, 5) is 5.10. The molecule has 3 nitrogen and oxygen atoms in total. The summed E-state index contributed by atoms with van der Waals surface area (Å²) in [5.74, 6) is 0.548. The Morgan fingerprint density at radius 2 is 1.67 bits per heavy atom. The highest BCUT2D eigenvalue weighted by Gasteiger charge is 2.21. The van der Waals surface area contributed by atoms with E-state index in [1.54, 1.807) is 0 Å². The van der Waals surface area contributed by atoms with Crippen molar-refractivity contribution < 1.29 is 5.11 Å². The van der Waals surface area contributed by atoms with Crippen LogP contribution in [0.3, 0.4) is 0 Å². The van der Waals surface area contributed by atoms with Crippen LogP contribution in [0.4, 0.5) is 0 Å². The van der Waals surface area contributed by atoms with Gasteiger partial charge in [-0.1, -0.05) is 6.42 Å². The number of piperidine rings is 1. The molecule has 2 saturated heterocycles. The molecule has 0 bridgehead atoms. The second-order valence-electron chi connectivity index (χ2n) is 5.04. The number of likely N-dealkylation sites (tertiary alicyclic amines) is 2. The minimum atomic E-state index is 0.375. The summed E-state index contributed by atoms with van der Waals surface area (Å²) in [5, 5.41) is 9.06. The van der Waals surface area contributed by atoms with Crippen molar-refractivity contribution >= 4 is 0 Å². The predicted octanol–water partition coefficient (Wildman–Crippen LogP) is 0.786. The van der Waals surface area contributed by atoms with Gasteiger partial charge >= 0.3 is 0 Å². The second kappa shape index (κ2) is 5.83. The van der Waals surface area contributed by atoms with E-state index in [0.29, 0.717) is 12.5 Å². The zero-order valence-electron chi connectivity index (χ0n) is 9.70. The SMILES string of the molecule is OCC1CCN(CCN2CCCCC2)C1. The van der Waals surface area contributed by atoms with E-state index < -0.39 is 0 Å². The number of hydrogen-bond donors (Lipinski definition) is 1. The van der Waals surface area contributed by atoms with Crippen molar-refractivity contribution in [3.05, 3.63) is 0 Å². The van der Waals surface area contributed by atoms with Crippen molar-refractivity contribution in [1.82, 2.24) is 9.80 Å². The van der Waals surface area contributed by atoms with E-state index in [1.807, 2.05) is 0 Å². The van der Waals surface area contributed by atoms with Crippen molar-refractivity contribution in [2.24, 2.45) is 5.92 Å². The van der Waals surface area contributed by atoms with E-state index in [0.717, 1.165) is 6.54 Å². The van der Waals surface area contributed by atoms with Crippen LogP contribution in [0.25, 0.3) is 0 Å². The van der Waals surface area contributed by atoms with Gasteiger partial charge in [0.1, 0.15) is 0 Å². The van der Waals surface area contributed by atoms with Crippen molar-refractivity contribution in [3.63, 3.8) is 0 Å². The first-order valence-electron chi connectivity index (χ1n) is 6.44. The number of aliphatic hydroxyl groups excluding tert-OH is 1. The summed E-state index contributed by atoms with van der Waals surface area (Å²) in [5.41, 5.74) is 0. The van der Waals surface area contributed by atoms with Gasteiger partial charge < -0.3 is 14.9 Å². The Bertz CT molecular complexity index is 180. The Labute approximate surface area is 93.1 Å². The number of hydrogen-bond acceptors (Lipinski definition) is 3. The van der Waals surface area contributed by atoms with Gasteiger partial charge in [0.05, 0.1) is 0 Å². The Hall–Kier alpha value is -0.120. The minimum absolute atomic E-state index is 0.375. The fourth-order valence-corrected chi connectivity index (χ4v) is 2.73. The van der Waals surface area contributed by atoms with Gasteiger partial charge in [0.15, 0.2) is 0 Å². The molecule has 2 rings (SSSR count). The molecule has 2 aliphatic rings. The van der Waals surface area contributed by atoms with Crippen LogP contribution in [0.5, 0.6) is 0 Å². The van der Waals surface area contributed by atoms with Crippen molar-refractivity contribution in [2.45, 2.75) is 25.7 Å². The summed E-state index contributed by atoms with van der Waals surface area (Å²) in [6.45, 7) is 7.73. The van der Waals surface area contributed by atoms with Crippen LogP contribution in [0, 0.1) is 5.92 Å². The third-order valence-corrected chi connectivity index (χ3v) is 3.81. The molecule has 0 amide bonds. The molecule has 3 heteroatoms. The van der Waals surface area contributed by atoms with Gasteiger partial charge in [0, 0.05) is 26.2 Å². The topological polar surface area (TPSA) is 26.7 Å². The lowest BCUT2D eigenvalue weighted by atomic mass is 10.1. The molecule has 88 valence electrons. The quantitative estimate of drug-likeness (QED) is 0.746.